The van der Waals surface area contributed by atoms with E-state index >= 15 is 0 Å². The summed E-state index contributed by atoms with van der Waals surface area (Å²) >= 11 is 12.1. The maximum absolute atomic E-state index is 13.4. The number of benzene rings is 2. The number of hydrogen-bond acceptors (Lipinski definition) is 1. The van der Waals surface area contributed by atoms with E-state index < -0.39 is 0 Å². The number of hydrogen-bond donors (Lipinski definition) is 1. The highest BCUT2D eigenvalue weighted by Gasteiger charge is 2.14. The smallest absolute Gasteiger partial charge is 0.123 e. The Morgan fingerprint density at radius 2 is 1.81 bits per heavy atom. The van der Waals surface area contributed by atoms with Crippen LogP contribution in [0.4, 0.5) is 4.39 Å². The maximum atomic E-state index is 13.4. The highest BCUT2D eigenvalue weighted by Crippen LogP contribution is 2.25. The van der Waals surface area contributed by atoms with Gasteiger partial charge in [-0.05, 0) is 60.8 Å². The molecule has 0 aliphatic heterocycles. The summed E-state index contributed by atoms with van der Waals surface area (Å²) in [6.07, 6.45) is 1.67. The molecule has 0 bridgehead atoms. The summed E-state index contributed by atoms with van der Waals surface area (Å²) in [4.78, 5) is 0. The van der Waals surface area contributed by atoms with Gasteiger partial charge in [0.25, 0.3) is 0 Å². The van der Waals surface area contributed by atoms with E-state index in [2.05, 4.69) is 12.2 Å². The summed E-state index contributed by atoms with van der Waals surface area (Å²) in [5.74, 6) is -0.264. The molecule has 0 saturated heterocycles. The Bertz CT molecular complexity index is 584. The van der Waals surface area contributed by atoms with E-state index in [9.17, 15) is 4.39 Å². The lowest BCUT2D eigenvalue weighted by Crippen LogP contribution is -2.24. The lowest BCUT2D eigenvalue weighted by Gasteiger charge is -2.20. The van der Waals surface area contributed by atoms with Crippen molar-refractivity contribution in [2.45, 2.75) is 25.8 Å². The van der Waals surface area contributed by atoms with Crippen LogP contribution in [0.2, 0.25) is 10.0 Å². The summed E-state index contributed by atoms with van der Waals surface area (Å²) in [5.41, 5.74) is 1.92. The molecular weight excluding hydrogens is 308 g/mol. The van der Waals surface area contributed by atoms with Crippen LogP contribution in [0.25, 0.3) is 0 Å². The van der Waals surface area contributed by atoms with Crippen molar-refractivity contribution >= 4 is 23.2 Å². The molecule has 1 unspecified atom stereocenters. The molecule has 0 radical (unpaired) electrons. The van der Waals surface area contributed by atoms with Crippen molar-refractivity contribution in [2.24, 2.45) is 0 Å². The third-order valence-electron chi connectivity index (χ3n) is 3.34. The first-order valence-electron chi connectivity index (χ1n) is 7.03. The quantitative estimate of drug-likeness (QED) is 0.748. The normalized spacial score (nSPS) is 12.4. The second kappa shape index (κ2) is 7.79. The van der Waals surface area contributed by atoms with Gasteiger partial charge < -0.3 is 5.32 Å². The fourth-order valence-corrected chi connectivity index (χ4v) is 2.56. The van der Waals surface area contributed by atoms with Crippen molar-refractivity contribution in [3.63, 3.8) is 0 Å². The van der Waals surface area contributed by atoms with Gasteiger partial charge in [0.1, 0.15) is 5.82 Å². The first kappa shape index (κ1) is 16.3. The fraction of sp³-hybridized carbons (Fsp3) is 0.294. The lowest BCUT2D eigenvalue weighted by atomic mass is 9.98. The van der Waals surface area contributed by atoms with Crippen LogP contribution in [0.15, 0.2) is 42.5 Å². The fourth-order valence-electron chi connectivity index (χ4n) is 2.24. The predicted octanol–water partition coefficient (Wildman–Crippen LogP) is 5.42. The lowest BCUT2D eigenvalue weighted by molar-refractivity contribution is 0.527. The zero-order valence-electron chi connectivity index (χ0n) is 11.9. The molecule has 0 saturated carbocycles. The van der Waals surface area contributed by atoms with Crippen molar-refractivity contribution in [1.29, 1.82) is 0 Å². The Kier molecular flexibility index (Phi) is 6.04. The first-order valence-corrected chi connectivity index (χ1v) is 7.78. The molecule has 0 fully saturated rings. The summed E-state index contributed by atoms with van der Waals surface area (Å²) < 4.78 is 13.4. The Hall–Kier alpha value is -1.09. The Morgan fingerprint density at radius 3 is 2.48 bits per heavy atom. The minimum atomic E-state index is -0.264. The molecule has 2 aromatic carbocycles. The van der Waals surface area contributed by atoms with Crippen molar-refractivity contribution in [3.8, 4) is 0 Å². The van der Waals surface area contributed by atoms with Gasteiger partial charge in [-0.15, -0.1) is 0 Å². The van der Waals surface area contributed by atoms with Crippen molar-refractivity contribution in [3.05, 3.63) is 69.5 Å². The standard InChI is InChI=1S/C17H18Cl2FN/c1-2-9-21-17(12-3-5-14(18)6-4-12)11-13-10-15(20)7-8-16(13)19/h3-8,10,17,21H,2,9,11H2,1H3. The summed E-state index contributed by atoms with van der Waals surface area (Å²) in [6.45, 7) is 3.00. The van der Waals surface area contributed by atoms with E-state index in [1.807, 2.05) is 24.3 Å². The molecule has 0 spiro atoms. The molecule has 1 N–H and O–H groups in total. The SMILES string of the molecule is CCCNC(Cc1cc(F)ccc1Cl)c1ccc(Cl)cc1. The monoisotopic (exact) mass is 325 g/mol. The molecule has 0 aliphatic rings. The molecule has 21 heavy (non-hydrogen) atoms. The van der Waals surface area contributed by atoms with E-state index in [0.29, 0.717) is 16.5 Å². The van der Waals surface area contributed by atoms with E-state index in [4.69, 9.17) is 23.2 Å². The molecule has 4 heteroatoms. The third kappa shape index (κ3) is 4.70. The van der Waals surface area contributed by atoms with Crippen molar-refractivity contribution < 1.29 is 4.39 Å². The van der Waals surface area contributed by atoms with Gasteiger partial charge in [-0.1, -0.05) is 42.3 Å². The first-order chi connectivity index (χ1) is 10.1. The van der Waals surface area contributed by atoms with Gasteiger partial charge in [0.2, 0.25) is 0 Å². The van der Waals surface area contributed by atoms with Crippen LogP contribution in [0, 0.1) is 5.82 Å². The van der Waals surface area contributed by atoms with Gasteiger partial charge in [-0.3, -0.25) is 0 Å². The molecule has 0 aliphatic carbocycles. The molecular formula is C17H18Cl2FN. The zero-order chi connectivity index (χ0) is 15.2. The average molecular weight is 326 g/mol. The molecule has 2 rings (SSSR count). The highest BCUT2D eigenvalue weighted by molar-refractivity contribution is 6.31. The van der Waals surface area contributed by atoms with E-state index in [-0.39, 0.29) is 11.9 Å². The van der Waals surface area contributed by atoms with Crippen LogP contribution in [0.5, 0.6) is 0 Å². The Balaban J connectivity index is 2.23. The number of nitrogens with one attached hydrogen (secondary N) is 1. The molecule has 0 heterocycles. The van der Waals surface area contributed by atoms with Gasteiger partial charge in [0.05, 0.1) is 0 Å². The van der Waals surface area contributed by atoms with Crippen LogP contribution >= 0.6 is 23.2 Å². The Labute approximate surface area is 135 Å². The molecule has 2 aromatic rings. The van der Waals surface area contributed by atoms with Gasteiger partial charge in [0, 0.05) is 16.1 Å². The second-order valence-corrected chi connectivity index (χ2v) is 5.84. The van der Waals surface area contributed by atoms with Crippen molar-refractivity contribution in [2.75, 3.05) is 6.54 Å². The maximum Gasteiger partial charge on any atom is 0.123 e. The third-order valence-corrected chi connectivity index (χ3v) is 3.97. The summed E-state index contributed by atoms with van der Waals surface area (Å²) in [6, 6.07) is 12.3. The second-order valence-electron chi connectivity index (χ2n) is 5.00. The molecule has 0 amide bonds. The van der Waals surface area contributed by atoms with Crippen LogP contribution in [0.1, 0.15) is 30.5 Å². The van der Waals surface area contributed by atoms with Crippen LogP contribution in [-0.4, -0.2) is 6.54 Å². The van der Waals surface area contributed by atoms with Gasteiger partial charge >= 0.3 is 0 Å². The zero-order valence-corrected chi connectivity index (χ0v) is 13.4. The highest BCUT2D eigenvalue weighted by atomic mass is 35.5. The summed E-state index contributed by atoms with van der Waals surface area (Å²) in [7, 11) is 0. The molecule has 112 valence electrons. The minimum absolute atomic E-state index is 0.0847. The number of halogens is 3. The van der Waals surface area contributed by atoms with Gasteiger partial charge in [0.15, 0.2) is 0 Å². The molecule has 0 aromatic heterocycles. The summed E-state index contributed by atoms with van der Waals surface area (Å²) in [5, 5.41) is 4.77. The van der Waals surface area contributed by atoms with Gasteiger partial charge in [-0.2, -0.15) is 0 Å². The largest absolute Gasteiger partial charge is 0.310 e. The van der Waals surface area contributed by atoms with Crippen LogP contribution < -0.4 is 5.32 Å². The van der Waals surface area contributed by atoms with E-state index in [1.54, 1.807) is 6.07 Å². The van der Waals surface area contributed by atoms with Gasteiger partial charge in [-0.25, -0.2) is 4.39 Å². The number of rotatable bonds is 6. The van der Waals surface area contributed by atoms with Crippen LogP contribution in [0.3, 0.4) is 0 Å². The topological polar surface area (TPSA) is 12.0 Å². The van der Waals surface area contributed by atoms with E-state index in [0.717, 1.165) is 24.1 Å². The van der Waals surface area contributed by atoms with Crippen LogP contribution in [-0.2, 0) is 6.42 Å². The Morgan fingerprint density at radius 1 is 1.10 bits per heavy atom. The predicted molar refractivity (Wildman–Crippen MR) is 87.6 cm³/mol. The van der Waals surface area contributed by atoms with E-state index in [1.165, 1.54) is 12.1 Å². The minimum Gasteiger partial charge on any atom is -0.310 e. The van der Waals surface area contributed by atoms with Crippen molar-refractivity contribution in [1.82, 2.24) is 5.32 Å². The average Bonchev–Trinajstić information content (AvgIpc) is 2.48. The molecule has 1 nitrogen and oxygen atoms in total. The molecule has 1 atom stereocenters.